The highest BCUT2D eigenvalue weighted by atomic mass is 35.5. The van der Waals surface area contributed by atoms with Crippen molar-refractivity contribution in [3.05, 3.63) is 95.0 Å². The van der Waals surface area contributed by atoms with Crippen LogP contribution < -0.4 is 20.3 Å². The lowest BCUT2D eigenvalue weighted by atomic mass is 10.1. The van der Waals surface area contributed by atoms with Gasteiger partial charge in [0.2, 0.25) is 0 Å². The Morgan fingerprint density at radius 1 is 0.767 bits per heavy atom. The van der Waals surface area contributed by atoms with E-state index in [1.165, 1.54) is 0 Å². The summed E-state index contributed by atoms with van der Waals surface area (Å²) < 4.78 is 11.1. The molecule has 3 rings (SSSR count). The summed E-state index contributed by atoms with van der Waals surface area (Å²) in [6.07, 6.45) is 0.715. The number of hydrazine groups is 1. The maximum absolute atomic E-state index is 12.5. The second-order valence-corrected chi connectivity index (χ2v) is 6.71. The van der Waals surface area contributed by atoms with Gasteiger partial charge in [-0.15, -0.1) is 0 Å². The molecule has 0 saturated heterocycles. The molecular weight excluding hydrogens is 404 g/mol. The topological polar surface area (TPSA) is 76.7 Å². The van der Waals surface area contributed by atoms with Gasteiger partial charge in [-0.05, 0) is 29.8 Å². The third kappa shape index (κ3) is 6.25. The summed E-state index contributed by atoms with van der Waals surface area (Å²) in [6, 6.07) is 23.6. The van der Waals surface area contributed by atoms with Gasteiger partial charge in [0, 0.05) is 6.42 Å². The Morgan fingerprint density at radius 2 is 1.43 bits per heavy atom. The second-order valence-electron chi connectivity index (χ2n) is 6.30. The molecule has 2 N–H and O–H groups in total. The van der Waals surface area contributed by atoms with Gasteiger partial charge in [-0.3, -0.25) is 20.4 Å². The van der Waals surface area contributed by atoms with Crippen LogP contribution in [0.5, 0.6) is 11.5 Å². The van der Waals surface area contributed by atoms with E-state index in [4.69, 9.17) is 21.1 Å². The summed E-state index contributed by atoms with van der Waals surface area (Å²) in [5.41, 5.74) is 6.15. The predicted octanol–water partition coefficient (Wildman–Crippen LogP) is 3.80. The minimum Gasteiger partial charge on any atom is -0.492 e. The number of hydrogen-bond acceptors (Lipinski definition) is 4. The molecular formula is C23H21ClN2O4. The summed E-state index contributed by atoms with van der Waals surface area (Å²) in [7, 11) is 0. The van der Waals surface area contributed by atoms with E-state index in [0.717, 1.165) is 5.56 Å². The first-order chi connectivity index (χ1) is 14.6. The van der Waals surface area contributed by atoms with Crippen LogP contribution in [-0.2, 0) is 11.2 Å². The van der Waals surface area contributed by atoms with E-state index in [9.17, 15) is 9.59 Å². The smallest absolute Gasteiger partial charge is 0.276 e. The molecule has 0 unspecified atom stereocenters. The van der Waals surface area contributed by atoms with Crippen molar-refractivity contribution in [2.24, 2.45) is 0 Å². The van der Waals surface area contributed by atoms with E-state index in [2.05, 4.69) is 10.9 Å². The van der Waals surface area contributed by atoms with Gasteiger partial charge in [0.1, 0.15) is 11.5 Å². The molecule has 3 aromatic carbocycles. The van der Waals surface area contributed by atoms with Crippen LogP contribution in [0.3, 0.4) is 0 Å². The van der Waals surface area contributed by atoms with Gasteiger partial charge < -0.3 is 9.47 Å². The maximum atomic E-state index is 12.5. The van der Waals surface area contributed by atoms with E-state index < -0.39 is 11.8 Å². The summed E-state index contributed by atoms with van der Waals surface area (Å²) in [5, 5.41) is 0.399. The molecule has 0 atom stereocenters. The van der Waals surface area contributed by atoms with Crippen LogP contribution in [0.15, 0.2) is 78.9 Å². The van der Waals surface area contributed by atoms with Gasteiger partial charge in [0.15, 0.2) is 6.61 Å². The maximum Gasteiger partial charge on any atom is 0.276 e. The van der Waals surface area contributed by atoms with Crippen molar-refractivity contribution in [3.63, 3.8) is 0 Å². The fourth-order valence-corrected chi connectivity index (χ4v) is 2.83. The van der Waals surface area contributed by atoms with Crippen molar-refractivity contribution in [2.75, 3.05) is 13.2 Å². The summed E-state index contributed by atoms with van der Waals surface area (Å²) >= 11 is 5.97. The predicted molar refractivity (Wildman–Crippen MR) is 115 cm³/mol. The minimum atomic E-state index is -0.522. The second kappa shape index (κ2) is 10.9. The van der Waals surface area contributed by atoms with E-state index in [1.807, 2.05) is 30.3 Å². The number of rotatable bonds is 8. The molecule has 0 aliphatic heterocycles. The first-order valence-electron chi connectivity index (χ1n) is 9.36. The number of para-hydroxylation sites is 2. The molecule has 154 valence electrons. The van der Waals surface area contributed by atoms with Crippen LogP contribution in [-0.4, -0.2) is 25.0 Å². The Bertz CT molecular complexity index is 995. The van der Waals surface area contributed by atoms with Gasteiger partial charge in [-0.25, -0.2) is 0 Å². The van der Waals surface area contributed by atoms with E-state index in [1.54, 1.807) is 48.5 Å². The Hall–Kier alpha value is -3.51. The van der Waals surface area contributed by atoms with Gasteiger partial charge in [-0.2, -0.15) is 0 Å². The van der Waals surface area contributed by atoms with Crippen molar-refractivity contribution in [2.45, 2.75) is 6.42 Å². The molecule has 0 aromatic heterocycles. The van der Waals surface area contributed by atoms with E-state index in [0.29, 0.717) is 35.1 Å². The molecule has 0 aliphatic rings. The number of carbonyl (C=O) groups excluding carboxylic acids is 2. The van der Waals surface area contributed by atoms with Crippen LogP contribution in [0.1, 0.15) is 15.9 Å². The van der Waals surface area contributed by atoms with Gasteiger partial charge in [-0.1, -0.05) is 66.2 Å². The first kappa shape index (κ1) is 21.2. The highest BCUT2D eigenvalue weighted by molar-refractivity contribution is 6.32. The molecule has 0 fully saturated rings. The highest BCUT2D eigenvalue weighted by Crippen LogP contribution is 2.22. The molecule has 0 saturated carbocycles. The molecule has 2 amide bonds. The van der Waals surface area contributed by atoms with Crippen LogP contribution in [0.2, 0.25) is 5.02 Å². The Kier molecular flexibility index (Phi) is 7.69. The van der Waals surface area contributed by atoms with Crippen molar-refractivity contribution in [1.29, 1.82) is 0 Å². The van der Waals surface area contributed by atoms with Crippen molar-refractivity contribution < 1.29 is 19.1 Å². The van der Waals surface area contributed by atoms with E-state index in [-0.39, 0.29) is 6.61 Å². The van der Waals surface area contributed by atoms with Crippen molar-refractivity contribution >= 4 is 23.4 Å². The quantitative estimate of drug-likeness (QED) is 0.539. The van der Waals surface area contributed by atoms with Gasteiger partial charge >= 0.3 is 0 Å². The Morgan fingerprint density at radius 3 is 2.20 bits per heavy atom. The summed E-state index contributed by atoms with van der Waals surface area (Å²) in [5.74, 6) is -0.188. The van der Waals surface area contributed by atoms with Crippen molar-refractivity contribution in [1.82, 2.24) is 10.9 Å². The molecule has 0 radical (unpaired) electrons. The Balaban J connectivity index is 1.49. The molecule has 0 bridgehead atoms. The third-order valence-electron chi connectivity index (χ3n) is 4.13. The number of amides is 2. The Labute approximate surface area is 179 Å². The molecule has 7 heteroatoms. The fraction of sp³-hybridized carbons (Fsp3) is 0.130. The number of benzene rings is 3. The average molecular weight is 425 g/mol. The lowest BCUT2D eigenvalue weighted by molar-refractivity contribution is -0.123. The minimum absolute atomic E-state index is 0.292. The molecule has 30 heavy (non-hydrogen) atoms. The zero-order valence-corrected chi connectivity index (χ0v) is 16.9. The average Bonchev–Trinajstić information content (AvgIpc) is 2.78. The lowest BCUT2D eigenvalue weighted by Crippen LogP contribution is -2.44. The molecule has 0 spiro atoms. The molecule has 6 nitrogen and oxygen atoms in total. The number of halogens is 1. The lowest BCUT2D eigenvalue weighted by Gasteiger charge is -2.13. The number of ether oxygens (including phenoxy) is 2. The van der Waals surface area contributed by atoms with Crippen LogP contribution in [0.25, 0.3) is 0 Å². The van der Waals surface area contributed by atoms with Gasteiger partial charge in [0.25, 0.3) is 11.8 Å². The molecule has 0 heterocycles. The normalized spacial score (nSPS) is 10.2. The van der Waals surface area contributed by atoms with Crippen LogP contribution >= 0.6 is 11.6 Å². The number of hydrogen-bond donors (Lipinski definition) is 2. The van der Waals surface area contributed by atoms with Crippen LogP contribution in [0, 0.1) is 0 Å². The first-order valence-corrected chi connectivity index (χ1v) is 9.73. The number of nitrogens with one attached hydrogen (secondary N) is 2. The zero-order chi connectivity index (χ0) is 21.2. The molecule has 3 aromatic rings. The SMILES string of the molecule is O=C(COc1ccccc1Cl)NNC(=O)c1ccccc1OCCc1ccccc1. The largest absolute Gasteiger partial charge is 0.492 e. The monoisotopic (exact) mass is 424 g/mol. The third-order valence-corrected chi connectivity index (χ3v) is 4.45. The summed E-state index contributed by atoms with van der Waals surface area (Å²) in [4.78, 5) is 24.4. The highest BCUT2D eigenvalue weighted by Gasteiger charge is 2.13. The summed E-state index contributed by atoms with van der Waals surface area (Å²) in [6.45, 7) is 0.131. The van der Waals surface area contributed by atoms with E-state index >= 15 is 0 Å². The van der Waals surface area contributed by atoms with Crippen molar-refractivity contribution in [3.8, 4) is 11.5 Å². The standard InChI is InChI=1S/C23H21ClN2O4/c24-19-11-5-7-13-21(19)30-16-22(27)25-26-23(28)18-10-4-6-12-20(18)29-15-14-17-8-2-1-3-9-17/h1-13H,14-16H2,(H,25,27)(H,26,28). The molecule has 0 aliphatic carbocycles. The van der Waals surface area contributed by atoms with Crippen LogP contribution in [0.4, 0.5) is 0 Å². The van der Waals surface area contributed by atoms with Gasteiger partial charge in [0.05, 0.1) is 17.2 Å². The number of carbonyl (C=O) groups is 2. The fourth-order valence-electron chi connectivity index (χ4n) is 2.64. The zero-order valence-electron chi connectivity index (χ0n) is 16.1.